The molecule has 1 heterocycles. The molecular weight excluding hydrogens is 156 g/mol. The van der Waals surface area contributed by atoms with E-state index in [1.807, 2.05) is 0 Å². The zero-order chi connectivity index (χ0) is 9.14. The summed E-state index contributed by atoms with van der Waals surface area (Å²) in [6, 6.07) is 0. The molecule has 0 radical (unpaired) electrons. The molecule has 1 amide bonds. The second-order valence-corrected chi connectivity index (χ2v) is 2.81. The molecule has 0 atom stereocenters. The Morgan fingerprint density at radius 1 is 1.58 bits per heavy atom. The first-order valence-corrected chi connectivity index (χ1v) is 3.98. The van der Waals surface area contributed by atoms with Crippen LogP contribution in [0.25, 0.3) is 0 Å². The van der Waals surface area contributed by atoms with Crippen molar-refractivity contribution in [2.24, 2.45) is 0 Å². The number of aliphatic hydroxyl groups is 1. The molecule has 0 saturated carbocycles. The molecule has 0 spiro atoms. The smallest absolute Gasteiger partial charge is 0.269 e. The van der Waals surface area contributed by atoms with E-state index in [1.165, 1.54) is 0 Å². The van der Waals surface area contributed by atoms with Crippen molar-refractivity contribution in [3.05, 3.63) is 11.8 Å². The first kappa shape index (κ1) is 9.06. The Bertz CT molecular complexity index is 213. The van der Waals surface area contributed by atoms with Crippen molar-refractivity contribution in [2.45, 2.75) is 6.92 Å². The molecule has 4 heteroatoms. The van der Waals surface area contributed by atoms with Crippen molar-refractivity contribution in [1.82, 2.24) is 9.80 Å². The lowest BCUT2D eigenvalue weighted by Crippen LogP contribution is -2.46. The second-order valence-electron chi connectivity index (χ2n) is 2.81. The van der Waals surface area contributed by atoms with Crippen LogP contribution in [0, 0.1) is 0 Å². The van der Waals surface area contributed by atoms with Gasteiger partial charge in [-0.3, -0.25) is 4.79 Å². The molecule has 1 aliphatic rings. The van der Waals surface area contributed by atoms with Crippen LogP contribution in [0.1, 0.15) is 6.92 Å². The van der Waals surface area contributed by atoms with Gasteiger partial charge in [-0.25, -0.2) is 0 Å². The molecular formula is C8H14N2O2. The van der Waals surface area contributed by atoms with Gasteiger partial charge in [-0.1, -0.05) is 6.08 Å². The van der Waals surface area contributed by atoms with Gasteiger partial charge in [-0.2, -0.15) is 0 Å². The summed E-state index contributed by atoms with van der Waals surface area (Å²) >= 11 is 0. The second kappa shape index (κ2) is 3.58. The quantitative estimate of drug-likeness (QED) is 0.545. The van der Waals surface area contributed by atoms with Gasteiger partial charge in [0, 0.05) is 20.1 Å². The van der Waals surface area contributed by atoms with Gasteiger partial charge >= 0.3 is 0 Å². The fraction of sp³-hybridized carbons (Fsp3) is 0.625. The van der Waals surface area contributed by atoms with Gasteiger partial charge in [0.25, 0.3) is 5.91 Å². The molecule has 1 fully saturated rings. The minimum absolute atomic E-state index is 0.0159. The van der Waals surface area contributed by atoms with Crippen LogP contribution in [-0.4, -0.2) is 47.7 Å². The van der Waals surface area contributed by atoms with Gasteiger partial charge in [0.2, 0.25) is 0 Å². The molecule has 0 aromatic heterocycles. The lowest BCUT2D eigenvalue weighted by atomic mass is 10.2. The number of hydrogen-bond donors (Lipinski definition) is 1. The Labute approximate surface area is 72.1 Å². The van der Waals surface area contributed by atoms with Gasteiger partial charge in [-0.15, -0.1) is 0 Å². The summed E-state index contributed by atoms with van der Waals surface area (Å²) in [5.41, 5.74) is 0.589. The van der Waals surface area contributed by atoms with Gasteiger partial charge in [0.15, 0.2) is 0 Å². The van der Waals surface area contributed by atoms with Gasteiger partial charge in [0.05, 0.1) is 0 Å². The third-order valence-corrected chi connectivity index (χ3v) is 2.06. The van der Waals surface area contributed by atoms with Crippen molar-refractivity contribution >= 4 is 5.91 Å². The van der Waals surface area contributed by atoms with E-state index in [4.69, 9.17) is 5.11 Å². The molecule has 68 valence electrons. The summed E-state index contributed by atoms with van der Waals surface area (Å²) in [4.78, 5) is 14.8. The van der Waals surface area contributed by atoms with Crippen LogP contribution in [-0.2, 0) is 4.79 Å². The largest absolute Gasteiger partial charge is 0.376 e. The third kappa shape index (κ3) is 1.43. The van der Waals surface area contributed by atoms with E-state index in [9.17, 15) is 4.79 Å². The van der Waals surface area contributed by atoms with Crippen LogP contribution < -0.4 is 0 Å². The lowest BCUT2D eigenvalue weighted by molar-refractivity contribution is -0.131. The number of piperazine rings is 1. The summed E-state index contributed by atoms with van der Waals surface area (Å²) in [6.45, 7) is 3.10. The number of rotatable bonds is 1. The molecule has 0 aromatic carbocycles. The maximum Gasteiger partial charge on any atom is 0.269 e. The molecule has 12 heavy (non-hydrogen) atoms. The number of hydrogen-bond acceptors (Lipinski definition) is 3. The predicted molar refractivity (Wildman–Crippen MR) is 45.2 cm³/mol. The summed E-state index contributed by atoms with van der Waals surface area (Å²) in [5, 5.41) is 8.91. The van der Waals surface area contributed by atoms with Crippen LogP contribution in [0.4, 0.5) is 0 Å². The minimum Gasteiger partial charge on any atom is -0.376 e. The number of carbonyl (C=O) groups excluding carboxylic acids is 1. The van der Waals surface area contributed by atoms with Gasteiger partial charge in [-0.05, 0) is 6.92 Å². The monoisotopic (exact) mass is 170 g/mol. The zero-order valence-electron chi connectivity index (χ0n) is 7.45. The highest BCUT2D eigenvalue weighted by Gasteiger charge is 2.24. The molecule has 1 rings (SSSR count). The van der Waals surface area contributed by atoms with Gasteiger partial charge < -0.3 is 14.9 Å². The van der Waals surface area contributed by atoms with Crippen molar-refractivity contribution < 1.29 is 9.90 Å². The Balaban J connectivity index is 2.79. The number of carbonyl (C=O) groups is 1. The average Bonchev–Trinajstić information content (AvgIpc) is 2.09. The average molecular weight is 170 g/mol. The zero-order valence-corrected chi connectivity index (χ0v) is 7.45. The third-order valence-electron chi connectivity index (χ3n) is 2.06. The van der Waals surface area contributed by atoms with Crippen molar-refractivity contribution in [3.8, 4) is 0 Å². The minimum atomic E-state index is -0.0841. The molecule has 0 aromatic rings. The van der Waals surface area contributed by atoms with E-state index < -0.39 is 0 Å². The van der Waals surface area contributed by atoms with Gasteiger partial charge in [0.1, 0.15) is 12.4 Å². The standard InChI is InChI=1S/C8H14N2O2/c1-3-7-8(12)9(2)4-5-10(7)6-11/h3,11H,4-6H2,1-2H3/b7-3-. The molecule has 0 bridgehead atoms. The molecule has 1 N–H and O–H groups in total. The number of nitrogens with zero attached hydrogens (tertiary/aromatic N) is 2. The number of amides is 1. The Morgan fingerprint density at radius 3 is 2.75 bits per heavy atom. The highest BCUT2D eigenvalue weighted by atomic mass is 16.3. The van der Waals surface area contributed by atoms with Crippen molar-refractivity contribution in [1.29, 1.82) is 0 Å². The Kier molecular flexibility index (Phi) is 2.70. The Morgan fingerprint density at radius 2 is 2.25 bits per heavy atom. The maximum atomic E-state index is 11.4. The van der Waals surface area contributed by atoms with Crippen molar-refractivity contribution in [3.63, 3.8) is 0 Å². The molecule has 4 nitrogen and oxygen atoms in total. The van der Waals surface area contributed by atoms with Crippen LogP contribution in [0.15, 0.2) is 11.8 Å². The first-order chi connectivity index (χ1) is 5.70. The van der Waals surface area contributed by atoms with Crippen LogP contribution in [0.3, 0.4) is 0 Å². The van der Waals surface area contributed by atoms with Crippen LogP contribution >= 0.6 is 0 Å². The number of likely N-dealkylation sites (N-methyl/N-ethyl adjacent to an activating group) is 1. The lowest BCUT2D eigenvalue weighted by Gasteiger charge is -2.34. The SMILES string of the molecule is C/C=C1/C(=O)N(C)CCN1CO. The highest BCUT2D eigenvalue weighted by Crippen LogP contribution is 2.11. The van der Waals surface area contributed by atoms with E-state index in [0.717, 1.165) is 0 Å². The highest BCUT2D eigenvalue weighted by molar-refractivity contribution is 5.93. The molecule has 0 aliphatic carbocycles. The van der Waals surface area contributed by atoms with Crippen LogP contribution in [0.5, 0.6) is 0 Å². The first-order valence-electron chi connectivity index (χ1n) is 3.98. The Hall–Kier alpha value is -1.03. The molecule has 1 saturated heterocycles. The molecule has 0 unspecified atom stereocenters. The number of allylic oxidation sites excluding steroid dienone is 1. The normalized spacial score (nSPS) is 22.2. The summed E-state index contributed by atoms with van der Waals surface area (Å²) in [6.07, 6.45) is 1.73. The molecule has 1 aliphatic heterocycles. The van der Waals surface area contributed by atoms with Crippen molar-refractivity contribution in [2.75, 3.05) is 26.9 Å². The fourth-order valence-electron chi connectivity index (χ4n) is 1.28. The summed E-state index contributed by atoms with van der Waals surface area (Å²) in [7, 11) is 1.76. The summed E-state index contributed by atoms with van der Waals surface area (Å²) < 4.78 is 0. The van der Waals surface area contributed by atoms with E-state index >= 15 is 0 Å². The topological polar surface area (TPSA) is 43.8 Å². The van der Waals surface area contributed by atoms with E-state index in [2.05, 4.69) is 0 Å². The van der Waals surface area contributed by atoms with E-state index in [-0.39, 0.29) is 12.6 Å². The van der Waals surface area contributed by atoms with Crippen LogP contribution in [0.2, 0.25) is 0 Å². The predicted octanol–water partition coefficient (Wildman–Crippen LogP) is -0.386. The van der Waals surface area contributed by atoms with E-state index in [0.29, 0.717) is 18.8 Å². The fourth-order valence-corrected chi connectivity index (χ4v) is 1.28. The van der Waals surface area contributed by atoms with E-state index in [1.54, 1.807) is 29.8 Å². The maximum absolute atomic E-state index is 11.4. The number of aliphatic hydroxyl groups excluding tert-OH is 1. The summed E-state index contributed by atoms with van der Waals surface area (Å²) in [5.74, 6) is -0.0159.